The quantitative estimate of drug-likeness (QED) is 0.111. The number of rotatable bonds is 25. The number of hydrogen-bond donors (Lipinski definition) is 0. The summed E-state index contributed by atoms with van der Waals surface area (Å²) in [4.78, 5) is 11.5. The van der Waals surface area contributed by atoms with E-state index >= 15 is 0 Å². The van der Waals surface area contributed by atoms with Gasteiger partial charge in [0, 0.05) is 13.0 Å². The molecule has 0 saturated carbocycles. The lowest BCUT2D eigenvalue weighted by atomic mass is 10.0. The fourth-order valence-electron chi connectivity index (χ4n) is 3.53. The van der Waals surface area contributed by atoms with Crippen molar-refractivity contribution in [1.29, 1.82) is 0 Å². The Labute approximate surface area is 187 Å². The lowest BCUT2D eigenvalue weighted by Crippen LogP contribution is -2.13. The molecule has 4 nitrogen and oxygen atoms in total. The van der Waals surface area contributed by atoms with E-state index in [9.17, 15) is 4.79 Å². The van der Waals surface area contributed by atoms with Gasteiger partial charge in [-0.25, -0.2) is 0 Å². The lowest BCUT2D eigenvalue weighted by molar-refractivity contribution is -0.145. The Morgan fingerprint density at radius 2 is 0.867 bits per heavy atom. The second-order valence-corrected chi connectivity index (χ2v) is 8.50. The van der Waals surface area contributed by atoms with E-state index in [1.54, 1.807) is 0 Å². The standard InChI is InChI=1S/C26H52O4/c1-3-5-7-9-10-11-12-13-14-15-16-17-19-21-28-22-23-29-24-25-30-26(27)20-18-8-6-4-2/h3-25H2,1-2H3. The molecule has 0 fully saturated rings. The van der Waals surface area contributed by atoms with E-state index < -0.39 is 0 Å². The second-order valence-electron chi connectivity index (χ2n) is 8.50. The van der Waals surface area contributed by atoms with Gasteiger partial charge in [-0.3, -0.25) is 4.79 Å². The maximum absolute atomic E-state index is 11.5. The Hall–Kier alpha value is -0.610. The molecular weight excluding hydrogens is 376 g/mol. The molecule has 0 heterocycles. The molecule has 0 radical (unpaired) electrons. The fourth-order valence-corrected chi connectivity index (χ4v) is 3.53. The molecular formula is C26H52O4. The van der Waals surface area contributed by atoms with E-state index in [0.29, 0.717) is 32.8 Å². The summed E-state index contributed by atoms with van der Waals surface area (Å²) in [6.07, 6.45) is 22.8. The van der Waals surface area contributed by atoms with Crippen LogP contribution in [0.3, 0.4) is 0 Å². The van der Waals surface area contributed by atoms with Gasteiger partial charge in [0.2, 0.25) is 0 Å². The average Bonchev–Trinajstić information content (AvgIpc) is 2.75. The molecule has 0 saturated heterocycles. The molecule has 180 valence electrons. The summed E-state index contributed by atoms with van der Waals surface area (Å²) >= 11 is 0. The van der Waals surface area contributed by atoms with Crippen LogP contribution in [0, 0.1) is 0 Å². The molecule has 4 heteroatoms. The number of unbranched alkanes of at least 4 members (excludes halogenated alkanes) is 15. The highest BCUT2D eigenvalue weighted by Gasteiger charge is 2.02. The zero-order chi connectivity index (χ0) is 22.0. The Morgan fingerprint density at radius 3 is 1.40 bits per heavy atom. The molecule has 0 aromatic carbocycles. The Balaban J connectivity index is 3.07. The maximum Gasteiger partial charge on any atom is 0.305 e. The first-order valence-corrected chi connectivity index (χ1v) is 13.1. The van der Waals surface area contributed by atoms with Crippen LogP contribution in [0.25, 0.3) is 0 Å². The predicted octanol–water partition coefficient (Wildman–Crippen LogP) is 7.62. The van der Waals surface area contributed by atoms with Crippen molar-refractivity contribution in [3.8, 4) is 0 Å². The van der Waals surface area contributed by atoms with Gasteiger partial charge in [-0.15, -0.1) is 0 Å². The number of ether oxygens (including phenoxy) is 3. The predicted molar refractivity (Wildman–Crippen MR) is 127 cm³/mol. The first-order valence-electron chi connectivity index (χ1n) is 13.1. The van der Waals surface area contributed by atoms with E-state index in [1.165, 1.54) is 89.9 Å². The largest absolute Gasteiger partial charge is 0.463 e. The van der Waals surface area contributed by atoms with Crippen molar-refractivity contribution in [1.82, 2.24) is 0 Å². The Bertz CT molecular complexity index is 333. The molecule has 0 spiro atoms. The molecule has 0 atom stereocenters. The highest BCUT2D eigenvalue weighted by atomic mass is 16.6. The van der Waals surface area contributed by atoms with Crippen molar-refractivity contribution < 1.29 is 19.0 Å². The van der Waals surface area contributed by atoms with Crippen molar-refractivity contribution in [3.63, 3.8) is 0 Å². The summed E-state index contributed by atoms with van der Waals surface area (Å²) < 4.78 is 16.2. The van der Waals surface area contributed by atoms with E-state index in [1.807, 2.05) is 0 Å². The lowest BCUT2D eigenvalue weighted by Gasteiger charge is -2.07. The van der Waals surface area contributed by atoms with Gasteiger partial charge in [-0.1, -0.05) is 110 Å². The third kappa shape index (κ3) is 25.4. The van der Waals surface area contributed by atoms with Crippen molar-refractivity contribution >= 4 is 5.97 Å². The number of carbonyl (C=O) groups excluding carboxylic acids is 1. The SMILES string of the molecule is CCCCCCCCCCCCCCCOCCOCCOC(=O)CCCCCC. The second kappa shape index (κ2) is 26.4. The third-order valence-electron chi connectivity index (χ3n) is 5.49. The van der Waals surface area contributed by atoms with Gasteiger partial charge in [0.05, 0.1) is 19.8 Å². The molecule has 0 aliphatic carbocycles. The van der Waals surface area contributed by atoms with E-state index in [2.05, 4.69) is 13.8 Å². The summed E-state index contributed by atoms with van der Waals surface area (Å²) in [5, 5.41) is 0. The molecule has 0 bridgehead atoms. The van der Waals surface area contributed by atoms with Crippen molar-refractivity contribution in [2.45, 2.75) is 129 Å². The Morgan fingerprint density at radius 1 is 0.467 bits per heavy atom. The van der Waals surface area contributed by atoms with Gasteiger partial charge in [0.15, 0.2) is 0 Å². The molecule has 0 rings (SSSR count). The van der Waals surface area contributed by atoms with Gasteiger partial charge in [0.1, 0.15) is 6.61 Å². The van der Waals surface area contributed by atoms with Gasteiger partial charge in [0.25, 0.3) is 0 Å². The van der Waals surface area contributed by atoms with Gasteiger partial charge in [-0.05, 0) is 12.8 Å². The highest BCUT2D eigenvalue weighted by Crippen LogP contribution is 2.12. The van der Waals surface area contributed by atoms with Gasteiger partial charge < -0.3 is 14.2 Å². The maximum atomic E-state index is 11.5. The fraction of sp³-hybridized carbons (Fsp3) is 0.962. The molecule has 0 N–H and O–H groups in total. The zero-order valence-corrected chi connectivity index (χ0v) is 20.4. The zero-order valence-electron chi connectivity index (χ0n) is 20.4. The van der Waals surface area contributed by atoms with Crippen LogP contribution in [0.4, 0.5) is 0 Å². The monoisotopic (exact) mass is 428 g/mol. The van der Waals surface area contributed by atoms with E-state index in [-0.39, 0.29) is 5.97 Å². The number of carbonyl (C=O) groups is 1. The topological polar surface area (TPSA) is 44.8 Å². The van der Waals surface area contributed by atoms with Crippen LogP contribution in [0.5, 0.6) is 0 Å². The molecule has 0 aromatic heterocycles. The summed E-state index contributed by atoms with van der Waals surface area (Å²) in [5.74, 6) is -0.103. The first kappa shape index (κ1) is 29.4. The highest BCUT2D eigenvalue weighted by molar-refractivity contribution is 5.69. The van der Waals surface area contributed by atoms with Crippen molar-refractivity contribution in [3.05, 3.63) is 0 Å². The first-order chi connectivity index (χ1) is 14.8. The molecule has 30 heavy (non-hydrogen) atoms. The van der Waals surface area contributed by atoms with Crippen molar-refractivity contribution in [2.75, 3.05) is 33.0 Å². The minimum atomic E-state index is -0.103. The molecule has 0 aromatic rings. The van der Waals surface area contributed by atoms with Crippen LogP contribution in [-0.4, -0.2) is 39.0 Å². The normalized spacial score (nSPS) is 11.1. The van der Waals surface area contributed by atoms with Crippen LogP contribution >= 0.6 is 0 Å². The molecule has 0 amide bonds. The van der Waals surface area contributed by atoms with E-state index in [4.69, 9.17) is 14.2 Å². The number of hydrogen-bond acceptors (Lipinski definition) is 4. The minimum Gasteiger partial charge on any atom is -0.463 e. The Kier molecular flexibility index (Phi) is 25.9. The summed E-state index contributed by atoms with van der Waals surface area (Å²) in [6, 6.07) is 0. The van der Waals surface area contributed by atoms with Crippen molar-refractivity contribution in [2.24, 2.45) is 0 Å². The summed E-state index contributed by atoms with van der Waals surface area (Å²) in [5.41, 5.74) is 0. The molecule has 0 aliphatic rings. The summed E-state index contributed by atoms with van der Waals surface area (Å²) in [6.45, 7) is 7.29. The van der Waals surface area contributed by atoms with Crippen LogP contribution < -0.4 is 0 Å². The number of esters is 1. The van der Waals surface area contributed by atoms with E-state index in [0.717, 1.165) is 25.9 Å². The average molecular weight is 429 g/mol. The van der Waals surface area contributed by atoms with Gasteiger partial charge >= 0.3 is 5.97 Å². The van der Waals surface area contributed by atoms with Crippen LogP contribution in [0.2, 0.25) is 0 Å². The molecule has 0 aliphatic heterocycles. The van der Waals surface area contributed by atoms with Gasteiger partial charge in [-0.2, -0.15) is 0 Å². The third-order valence-corrected chi connectivity index (χ3v) is 5.49. The van der Waals surface area contributed by atoms with Crippen LogP contribution in [0.1, 0.15) is 129 Å². The smallest absolute Gasteiger partial charge is 0.305 e. The molecule has 0 unspecified atom stereocenters. The van der Waals surface area contributed by atoms with Crippen LogP contribution in [0.15, 0.2) is 0 Å². The minimum absolute atomic E-state index is 0.103. The summed E-state index contributed by atoms with van der Waals surface area (Å²) in [7, 11) is 0. The van der Waals surface area contributed by atoms with Crippen LogP contribution in [-0.2, 0) is 19.0 Å².